The molecule has 1 aromatic carbocycles. The highest BCUT2D eigenvalue weighted by Crippen LogP contribution is 2.03. The topological polar surface area (TPSA) is 12.0 Å². The largest absolute Gasteiger partial charge is 0.316 e. The third-order valence-corrected chi connectivity index (χ3v) is 1.69. The van der Waals surface area contributed by atoms with Gasteiger partial charge in [-0.15, -0.1) is 0 Å². The average Bonchev–Trinajstić information content (AvgIpc) is 2.07. The molecule has 0 bridgehead atoms. The number of hydrogen-bond donors (Lipinski definition) is 1. The van der Waals surface area contributed by atoms with Crippen molar-refractivity contribution >= 4 is 0 Å². The SMILES string of the molecule is [CH2]Cc1ccc(CNC)cc1. The van der Waals surface area contributed by atoms with Gasteiger partial charge in [0.1, 0.15) is 0 Å². The van der Waals surface area contributed by atoms with E-state index in [4.69, 9.17) is 0 Å². The second-order valence-corrected chi connectivity index (χ2v) is 2.60. The van der Waals surface area contributed by atoms with E-state index in [0.29, 0.717) is 0 Å². The first-order chi connectivity index (χ1) is 5.36. The summed E-state index contributed by atoms with van der Waals surface area (Å²) in [6, 6.07) is 8.52. The predicted molar refractivity (Wildman–Crippen MR) is 48.3 cm³/mol. The van der Waals surface area contributed by atoms with Crippen LogP contribution in [0.25, 0.3) is 0 Å². The van der Waals surface area contributed by atoms with Gasteiger partial charge >= 0.3 is 0 Å². The van der Waals surface area contributed by atoms with Crippen LogP contribution in [0.15, 0.2) is 24.3 Å². The summed E-state index contributed by atoms with van der Waals surface area (Å²) >= 11 is 0. The van der Waals surface area contributed by atoms with Crippen LogP contribution in [0, 0.1) is 6.92 Å². The maximum Gasteiger partial charge on any atom is 0.0202 e. The van der Waals surface area contributed by atoms with Crippen LogP contribution >= 0.6 is 0 Å². The third-order valence-electron chi connectivity index (χ3n) is 1.69. The van der Waals surface area contributed by atoms with E-state index in [0.717, 1.165) is 13.0 Å². The molecule has 0 aliphatic rings. The third kappa shape index (κ3) is 2.35. The highest BCUT2D eigenvalue weighted by Gasteiger charge is 1.90. The van der Waals surface area contributed by atoms with Crippen molar-refractivity contribution in [2.75, 3.05) is 7.05 Å². The molecule has 0 saturated heterocycles. The predicted octanol–water partition coefficient (Wildman–Crippen LogP) is 1.78. The molecule has 0 spiro atoms. The van der Waals surface area contributed by atoms with Gasteiger partial charge in [0.05, 0.1) is 0 Å². The van der Waals surface area contributed by atoms with E-state index < -0.39 is 0 Å². The molecule has 1 radical (unpaired) electrons. The Bertz CT molecular complexity index is 201. The van der Waals surface area contributed by atoms with Gasteiger partial charge in [-0.25, -0.2) is 0 Å². The van der Waals surface area contributed by atoms with Gasteiger partial charge in [0.2, 0.25) is 0 Å². The molecule has 0 heterocycles. The normalized spacial score (nSPS) is 10.0. The number of benzene rings is 1. The molecule has 0 unspecified atom stereocenters. The van der Waals surface area contributed by atoms with Gasteiger partial charge in [-0.05, 0) is 31.5 Å². The van der Waals surface area contributed by atoms with Gasteiger partial charge in [0, 0.05) is 6.54 Å². The van der Waals surface area contributed by atoms with Gasteiger partial charge in [-0.2, -0.15) is 0 Å². The standard InChI is InChI=1S/C10H14N/c1-3-9-4-6-10(7-5-9)8-11-2/h4-7,11H,1,3,8H2,2H3. The lowest BCUT2D eigenvalue weighted by Crippen LogP contribution is -2.04. The molecular weight excluding hydrogens is 134 g/mol. The summed E-state index contributed by atoms with van der Waals surface area (Å²) in [6.45, 7) is 4.76. The van der Waals surface area contributed by atoms with E-state index in [1.54, 1.807) is 0 Å². The zero-order valence-electron chi connectivity index (χ0n) is 6.93. The van der Waals surface area contributed by atoms with Crippen molar-refractivity contribution in [3.05, 3.63) is 42.3 Å². The zero-order valence-corrected chi connectivity index (χ0v) is 6.93. The Morgan fingerprint density at radius 2 is 1.73 bits per heavy atom. The first-order valence-electron chi connectivity index (χ1n) is 3.88. The molecule has 1 nitrogen and oxygen atoms in total. The van der Waals surface area contributed by atoms with Gasteiger partial charge in [-0.3, -0.25) is 0 Å². The fourth-order valence-electron chi connectivity index (χ4n) is 1.03. The van der Waals surface area contributed by atoms with Crippen LogP contribution < -0.4 is 5.32 Å². The number of nitrogens with one attached hydrogen (secondary N) is 1. The van der Waals surface area contributed by atoms with Crippen LogP contribution in [0.2, 0.25) is 0 Å². The van der Waals surface area contributed by atoms with E-state index in [2.05, 4.69) is 36.5 Å². The van der Waals surface area contributed by atoms with E-state index in [9.17, 15) is 0 Å². The molecular formula is C10H14N. The average molecular weight is 148 g/mol. The first kappa shape index (κ1) is 8.28. The van der Waals surface area contributed by atoms with Crippen molar-refractivity contribution in [3.63, 3.8) is 0 Å². The summed E-state index contributed by atoms with van der Waals surface area (Å²) < 4.78 is 0. The van der Waals surface area contributed by atoms with Crippen LogP contribution in [0.5, 0.6) is 0 Å². The minimum absolute atomic E-state index is 0.875. The molecule has 0 aliphatic heterocycles. The van der Waals surface area contributed by atoms with Gasteiger partial charge in [0.25, 0.3) is 0 Å². The van der Waals surface area contributed by atoms with Crippen LogP contribution in [-0.2, 0) is 13.0 Å². The first-order valence-corrected chi connectivity index (χ1v) is 3.88. The Balaban J connectivity index is 2.66. The molecule has 1 rings (SSSR count). The molecule has 0 saturated carbocycles. The van der Waals surface area contributed by atoms with Gasteiger partial charge < -0.3 is 5.32 Å². The molecule has 11 heavy (non-hydrogen) atoms. The lowest BCUT2D eigenvalue weighted by Gasteiger charge is -2.00. The molecule has 0 aliphatic carbocycles. The minimum Gasteiger partial charge on any atom is -0.316 e. The fraction of sp³-hybridized carbons (Fsp3) is 0.300. The summed E-state index contributed by atoms with van der Waals surface area (Å²) in [4.78, 5) is 0. The lowest BCUT2D eigenvalue weighted by atomic mass is 10.1. The molecule has 0 aromatic heterocycles. The van der Waals surface area contributed by atoms with Crippen molar-refractivity contribution in [1.29, 1.82) is 0 Å². The van der Waals surface area contributed by atoms with Crippen LogP contribution in [-0.4, -0.2) is 7.05 Å². The van der Waals surface area contributed by atoms with Gasteiger partial charge in [0.15, 0.2) is 0 Å². The molecule has 1 N–H and O–H groups in total. The van der Waals surface area contributed by atoms with Crippen molar-refractivity contribution in [1.82, 2.24) is 5.32 Å². The van der Waals surface area contributed by atoms with Crippen molar-refractivity contribution in [2.24, 2.45) is 0 Å². The molecule has 0 fully saturated rings. The summed E-state index contributed by atoms with van der Waals surface area (Å²) in [7, 11) is 1.95. The van der Waals surface area contributed by atoms with Crippen LogP contribution in [0.1, 0.15) is 11.1 Å². The Morgan fingerprint density at radius 3 is 2.18 bits per heavy atom. The number of rotatable bonds is 3. The van der Waals surface area contributed by atoms with E-state index >= 15 is 0 Å². The number of hydrogen-bond acceptors (Lipinski definition) is 1. The monoisotopic (exact) mass is 148 g/mol. The van der Waals surface area contributed by atoms with Gasteiger partial charge in [-0.1, -0.05) is 24.3 Å². The zero-order chi connectivity index (χ0) is 8.10. The Hall–Kier alpha value is -0.820. The molecule has 59 valence electrons. The van der Waals surface area contributed by atoms with E-state index in [1.807, 2.05) is 7.05 Å². The highest BCUT2D eigenvalue weighted by molar-refractivity contribution is 5.22. The Kier molecular flexibility index (Phi) is 3.12. The van der Waals surface area contributed by atoms with Crippen molar-refractivity contribution in [3.8, 4) is 0 Å². The maximum atomic E-state index is 3.82. The van der Waals surface area contributed by atoms with Crippen LogP contribution in [0.3, 0.4) is 0 Å². The van der Waals surface area contributed by atoms with Crippen molar-refractivity contribution < 1.29 is 0 Å². The second-order valence-electron chi connectivity index (χ2n) is 2.60. The molecule has 0 atom stereocenters. The summed E-state index contributed by atoms with van der Waals surface area (Å²) in [6.07, 6.45) is 0.875. The lowest BCUT2D eigenvalue weighted by molar-refractivity contribution is 0.817. The van der Waals surface area contributed by atoms with E-state index in [1.165, 1.54) is 11.1 Å². The quantitative estimate of drug-likeness (QED) is 0.689. The highest BCUT2D eigenvalue weighted by atomic mass is 14.8. The summed E-state index contributed by atoms with van der Waals surface area (Å²) in [5, 5.41) is 3.11. The molecule has 0 amide bonds. The van der Waals surface area contributed by atoms with Crippen LogP contribution in [0.4, 0.5) is 0 Å². The summed E-state index contributed by atoms with van der Waals surface area (Å²) in [5.74, 6) is 0. The van der Waals surface area contributed by atoms with Crippen molar-refractivity contribution in [2.45, 2.75) is 13.0 Å². The Labute approximate surface area is 68.4 Å². The Morgan fingerprint density at radius 1 is 1.18 bits per heavy atom. The smallest absolute Gasteiger partial charge is 0.0202 e. The molecule has 1 aromatic rings. The second kappa shape index (κ2) is 4.14. The minimum atomic E-state index is 0.875. The summed E-state index contributed by atoms with van der Waals surface area (Å²) in [5.41, 5.74) is 2.62. The molecule has 1 heteroatoms. The fourth-order valence-corrected chi connectivity index (χ4v) is 1.03. The van der Waals surface area contributed by atoms with E-state index in [-0.39, 0.29) is 0 Å². The maximum absolute atomic E-state index is 3.82.